The first kappa shape index (κ1) is 21.9. The molecular formula is C29H44O2. The van der Waals surface area contributed by atoms with E-state index in [9.17, 15) is 9.90 Å². The van der Waals surface area contributed by atoms with Crippen molar-refractivity contribution >= 4 is 5.78 Å². The number of rotatable bonds is 1. The van der Waals surface area contributed by atoms with Gasteiger partial charge in [0.15, 0.2) is 5.78 Å². The molecule has 31 heavy (non-hydrogen) atoms. The standard InChI is InChI=1S/C29H44O2/c1-17(2)18-8-9-19-21(30)16-29(7)20(25(18)19)10-11-23-27(5)14-13-24(31)26(3,4)22(27)12-15-28(23,29)6/h10,17-18,22-24,31H,8-9,11-16H2,1-7H3/t18-,22+,23+,24-,27-,28+,29+/m0/s1. The highest BCUT2D eigenvalue weighted by molar-refractivity contribution is 6.00. The van der Waals surface area contributed by atoms with Crippen LogP contribution in [0.15, 0.2) is 22.8 Å². The molecule has 1 N–H and O–H groups in total. The maximum atomic E-state index is 13.5. The highest BCUT2D eigenvalue weighted by Crippen LogP contribution is 2.73. The first-order chi connectivity index (χ1) is 14.4. The number of allylic oxidation sites excluding steroid dienone is 4. The van der Waals surface area contributed by atoms with Gasteiger partial charge in [-0.2, -0.15) is 0 Å². The number of fused-ring (bicyclic) bond motifs is 6. The van der Waals surface area contributed by atoms with Gasteiger partial charge in [-0.25, -0.2) is 0 Å². The van der Waals surface area contributed by atoms with Crippen LogP contribution in [0.2, 0.25) is 0 Å². The molecule has 0 amide bonds. The predicted molar refractivity (Wildman–Crippen MR) is 126 cm³/mol. The fourth-order valence-electron chi connectivity index (χ4n) is 9.75. The van der Waals surface area contributed by atoms with Gasteiger partial charge in [-0.1, -0.05) is 54.5 Å². The molecule has 0 aromatic rings. The van der Waals surface area contributed by atoms with Gasteiger partial charge in [0.25, 0.3) is 0 Å². The summed E-state index contributed by atoms with van der Waals surface area (Å²) in [5, 5.41) is 10.8. The number of ketones is 1. The summed E-state index contributed by atoms with van der Waals surface area (Å²) in [6.45, 7) is 16.8. The Labute approximate surface area is 190 Å². The molecule has 0 heterocycles. The molecule has 5 rings (SSSR count). The maximum absolute atomic E-state index is 13.5. The average molecular weight is 425 g/mol. The molecule has 172 valence electrons. The third-order valence-electron chi connectivity index (χ3n) is 11.8. The number of aliphatic hydroxyl groups excluding tert-OH is 1. The van der Waals surface area contributed by atoms with Crippen molar-refractivity contribution in [3.05, 3.63) is 22.8 Å². The zero-order chi connectivity index (χ0) is 22.6. The van der Waals surface area contributed by atoms with Gasteiger partial charge >= 0.3 is 0 Å². The van der Waals surface area contributed by atoms with E-state index in [4.69, 9.17) is 0 Å². The van der Waals surface area contributed by atoms with Gasteiger partial charge in [0, 0.05) is 11.8 Å². The van der Waals surface area contributed by atoms with Crippen molar-refractivity contribution in [2.45, 2.75) is 106 Å². The Morgan fingerprint density at radius 3 is 2.39 bits per heavy atom. The summed E-state index contributed by atoms with van der Waals surface area (Å²) in [4.78, 5) is 13.5. The largest absolute Gasteiger partial charge is 0.393 e. The average Bonchev–Trinajstić information content (AvgIpc) is 3.12. The van der Waals surface area contributed by atoms with Crippen LogP contribution in [-0.2, 0) is 4.79 Å². The molecule has 5 aliphatic carbocycles. The van der Waals surface area contributed by atoms with E-state index < -0.39 is 0 Å². The third kappa shape index (κ3) is 2.58. The lowest BCUT2D eigenvalue weighted by Crippen LogP contribution is -2.63. The molecule has 2 nitrogen and oxygen atoms in total. The van der Waals surface area contributed by atoms with Crippen molar-refractivity contribution in [3.63, 3.8) is 0 Å². The Kier molecular flexibility index (Phi) is 4.66. The van der Waals surface area contributed by atoms with Crippen LogP contribution in [0, 0.1) is 45.3 Å². The number of hydrogen-bond acceptors (Lipinski definition) is 2. The van der Waals surface area contributed by atoms with Crippen molar-refractivity contribution in [1.82, 2.24) is 0 Å². The van der Waals surface area contributed by atoms with Gasteiger partial charge in [-0.15, -0.1) is 0 Å². The second kappa shape index (κ2) is 6.58. The Balaban J connectivity index is 1.63. The highest BCUT2D eigenvalue weighted by atomic mass is 16.3. The molecule has 0 aromatic heterocycles. The van der Waals surface area contributed by atoms with Crippen LogP contribution in [0.3, 0.4) is 0 Å². The second-order valence-corrected chi connectivity index (χ2v) is 13.5. The molecule has 2 fully saturated rings. The van der Waals surface area contributed by atoms with E-state index in [0.29, 0.717) is 35.9 Å². The zero-order valence-electron chi connectivity index (χ0n) is 21.0. The Morgan fingerprint density at radius 2 is 1.71 bits per heavy atom. The van der Waals surface area contributed by atoms with E-state index in [1.165, 1.54) is 24.0 Å². The molecular weight excluding hydrogens is 380 g/mol. The minimum absolute atomic E-state index is 0.0223. The van der Waals surface area contributed by atoms with E-state index in [1.807, 2.05) is 0 Å². The summed E-state index contributed by atoms with van der Waals surface area (Å²) in [5.74, 6) is 2.76. The molecule has 0 radical (unpaired) electrons. The summed E-state index contributed by atoms with van der Waals surface area (Å²) in [5.41, 5.74) is 4.55. The van der Waals surface area contributed by atoms with Crippen LogP contribution >= 0.6 is 0 Å². The summed E-state index contributed by atoms with van der Waals surface area (Å²) >= 11 is 0. The summed E-state index contributed by atoms with van der Waals surface area (Å²) in [6, 6.07) is 0. The number of Topliss-reactive ketones (excluding diaryl/α,β-unsaturated/α-hetero) is 1. The van der Waals surface area contributed by atoms with Crippen LogP contribution in [0.25, 0.3) is 0 Å². The Hall–Kier alpha value is -0.890. The number of carbonyl (C=O) groups excluding carboxylic acids is 1. The lowest BCUT2D eigenvalue weighted by Gasteiger charge is -2.69. The summed E-state index contributed by atoms with van der Waals surface area (Å²) < 4.78 is 0. The summed E-state index contributed by atoms with van der Waals surface area (Å²) in [6.07, 6.45) is 10.8. The van der Waals surface area contributed by atoms with E-state index in [1.54, 1.807) is 5.57 Å². The lowest BCUT2D eigenvalue weighted by molar-refractivity contribution is -0.195. The van der Waals surface area contributed by atoms with Crippen molar-refractivity contribution in [3.8, 4) is 0 Å². The molecule has 0 aromatic carbocycles. The van der Waals surface area contributed by atoms with E-state index in [0.717, 1.165) is 32.1 Å². The topological polar surface area (TPSA) is 37.3 Å². The quantitative estimate of drug-likeness (QED) is 0.498. The molecule has 0 unspecified atom stereocenters. The van der Waals surface area contributed by atoms with Gasteiger partial charge in [-0.3, -0.25) is 4.79 Å². The van der Waals surface area contributed by atoms with Crippen molar-refractivity contribution < 1.29 is 9.90 Å². The van der Waals surface area contributed by atoms with E-state index in [2.05, 4.69) is 54.5 Å². The molecule has 0 aliphatic heterocycles. The lowest BCUT2D eigenvalue weighted by atomic mass is 9.35. The van der Waals surface area contributed by atoms with Crippen LogP contribution in [0.1, 0.15) is 99.8 Å². The minimum atomic E-state index is -0.186. The first-order valence-electron chi connectivity index (χ1n) is 13.0. The molecule has 2 saturated carbocycles. The van der Waals surface area contributed by atoms with Crippen molar-refractivity contribution in [2.75, 3.05) is 0 Å². The van der Waals surface area contributed by atoms with Gasteiger partial charge in [0.2, 0.25) is 0 Å². The monoisotopic (exact) mass is 424 g/mol. The molecule has 7 atom stereocenters. The van der Waals surface area contributed by atoms with Crippen molar-refractivity contribution in [2.24, 2.45) is 45.3 Å². The van der Waals surface area contributed by atoms with Gasteiger partial charge in [0.1, 0.15) is 0 Å². The van der Waals surface area contributed by atoms with Crippen LogP contribution in [-0.4, -0.2) is 17.0 Å². The SMILES string of the molecule is CC(C)[C@@H]1CCC2=C1C1=CC[C@@H]3[C@@]4(C)CC[C@H](O)C(C)(C)[C@H]4CC[C@@]3(C)[C@]1(C)CC2=O. The normalized spacial score (nSPS) is 48.7. The smallest absolute Gasteiger partial charge is 0.160 e. The molecule has 0 spiro atoms. The Morgan fingerprint density at radius 1 is 1.00 bits per heavy atom. The molecule has 0 saturated heterocycles. The number of aliphatic hydroxyl groups is 1. The van der Waals surface area contributed by atoms with Gasteiger partial charge < -0.3 is 5.11 Å². The predicted octanol–water partition coefficient (Wildman–Crippen LogP) is 6.88. The van der Waals surface area contributed by atoms with Crippen LogP contribution < -0.4 is 0 Å². The van der Waals surface area contributed by atoms with E-state index in [-0.39, 0.29) is 27.8 Å². The van der Waals surface area contributed by atoms with Crippen LogP contribution in [0.4, 0.5) is 0 Å². The van der Waals surface area contributed by atoms with Gasteiger partial charge in [0.05, 0.1) is 6.10 Å². The first-order valence-corrected chi connectivity index (χ1v) is 13.0. The van der Waals surface area contributed by atoms with Crippen molar-refractivity contribution in [1.29, 1.82) is 0 Å². The van der Waals surface area contributed by atoms with Gasteiger partial charge in [-0.05, 0) is 102 Å². The zero-order valence-corrected chi connectivity index (χ0v) is 21.0. The third-order valence-corrected chi connectivity index (χ3v) is 11.8. The second-order valence-electron chi connectivity index (χ2n) is 13.5. The Bertz CT molecular complexity index is 875. The summed E-state index contributed by atoms with van der Waals surface area (Å²) in [7, 11) is 0. The highest BCUT2D eigenvalue weighted by Gasteiger charge is 2.67. The number of hydrogen-bond donors (Lipinski definition) is 1. The molecule has 5 aliphatic rings. The molecule has 0 bridgehead atoms. The maximum Gasteiger partial charge on any atom is 0.160 e. The van der Waals surface area contributed by atoms with E-state index >= 15 is 0 Å². The van der Waals surface area contributed by atoms with Crippen LogP contribution in [0.5, 0.6) is 0 Å². The number of carbonyl (C=O) groups is 1. The minimum Gasteiger partial charge on any atom is -0.393 e. The molecule has 2 heteroatoms. The fourth-order valence-corrected chi connectivity index (χ4v) is 9.75. The fraction of sp³-hybridized carbons (Fsp3) is 0.828.